The molecule has 0 aromatic heterocycles. The van der Waals surface area contributed by atoms with Gasteiger partial charge in [-0.25, -0.2) is 4.00 Å². The van der Waals surface area contributed by atoms with Crippen molar-refractivity contribution in [1.29, 1.82) is 0 Å². The highest BCUT2D eigenvalue weighted by atomic mass is 35.5. The van der Waals surface area contributed by atoms with Crippen LogP contribution in [-0.4, -0.2) is 25.1 Å². The zero-order valence-corrected chi connectivity index (χ0v) is 6.70. The molecular weight excluding hydrogens is 124 g/mol. The Balaban J connectivity index is -0.0000000750. The second-order valence-electron chi connectivity index (χ2n) is 1.85. The maximum absolute atomic E-state index is 5.47. The minimum Gasteiger partial charge on any atom is -0.344 e. The zero-order valence-electron chi connectivity index (χ0n) is 5.95. The topological polar surface area (TPSA) is 35.0 Å². The zero-order chi connectivity index (χ0) is 6.50. The van der Waals surface area contributed by atoms with Crippen molar-refractivity contribution in [3.05, 3.63) is 13.2 Å². The summed E-state index contributed by atoms with van der Waals surface area (Å²) < 4.78 is 0.472. The van der Waals surface area contributed by atoms with Gasteiger partial charge in [0.25, 0.3) is 0 Å². The van der Waals surface area contributed by atoms with Crippen LogP contribution in [0.4, 0.5) is 0 Å². The fraction of sp³-hybridized carbons (Fsp3) is 0.600. The average molecular weight is 140 g/mol. The fourth-order valence-corrected chi connectivity index (χ4v) is 0. The standard InChI is InChI=1S/C3H9ClN.C2H4.H3N/c1-5(2,3)4;1-2;/h1-3H3;1-2H2;1H3/q+1;;. The van der Waals surface area contributed by atoms with E-state index in [0.29, 0.717) is 4.00 Å². The first-order chi connectivity index (χ1) is 3.00. The second-order valence-corrected chi connectivity index (χ2v) is 2.86. The van der Waals surface area contributed by atoms with Crippen LogP contribution in [0.25, 0.3) is 0 Å². The van der Waals surface area contributed by atoms with Crippen LogP contribution in [0.15, 0.2) is 13.2 Å². The summed E-state index contributed by atoms with van der Waals surface area (Å²) in [4.78, 5) is 0. The van der Waals surface area contributed by atoms with Gasteiger partial charge >= 0.3 is 0 Å². The Kier molecular flexibility index (Phi) is 13.6. The van der Waals surface area contributed by atoms with Crippen LogP contribution in [0.5, 0.6) is 0 Å². The van der Waals surface area contributed by atoms with Crippen molar-refractivity contribution in [1.82, 2.24) is 6.15 Å². The van der Waals surface area contributed by atoms with Gasteiger partial charge in [0.1, 0.15) is 0 Å². The summed E-state index contributed by atoms with van der Waals surface area (Å²) in [6.07, 6.45) is 0. The third-order valence-electron chi connectivity index (χ3n) is 0. The van der Waals surface area contributed by atoms with Crippen LogP contribution in [0.1, 0.15) is 0 Å². The summed E-state index contributed by atoms with van der Waals surface area (Å²) in [6, 6.07) is 0. The predicted molar refractivity (Wildman–Crippen MR) is 40.2 cm³/mol. The van der Waals surface area contributed by atoms with Gasteiger partial charge in [-0.3, -0.25) is 0 Å². The molecule has 8 heavy (non-hydrogen) atoms. The molecule has 0 unspecified atom stereocenters. The molecule has 0 aromatic carbocycles. The van der Waals surface area contributed by atoms with Crippen LogP contribution in [0, 0.1) is 0 Å². The molecule has 0 saturated carbocycles. The lowest BCUT2D eigenvalue weighted by Gasteiger charge is -2.07. The molecular formula is C5H16ClN2+. The molecule has 0 fully saturated rings. The molecule has 0 rings (SSSR count). The van der Waals surface area contributed by atoms with Crippen LogP contribution in [0.2, 0.25) is 0 Å². The monoisotopic (exact) mass is 139 g/mol. The van der Waals surface area contributed by atoms with Gasteiger partial charge in [0, 0.05) is 0 Å². The Morgan fingerprint density at radius 1 is 1.12 bits per heavy atom. The molecule has 2 nitrogen and oxygen atoms in total. The average Bonchev–Trinajstić information content (AvgIpc) is 1.36. The van der Waals surface area contributed by atoms with E-state index >= 15 is 0 Å². The van der Waals surface area contributed by atoms with Crippen molar-refractivity contribution in [2.45, 2.75) is 0 Å². The maximum Gasteiger partial charge on any atom is 0.164 e. The van der Waals surface area contributed by atoms with Gasteiger partial charge < -0.3 is 6.15 Å². The Hall–Kier alpha value is -0.0500. The normalized spacial score (nSPS) is 8.00. The molecule has 0 amide bonds. The van der Waals surface area contributed by atoms with Crippen molar-refractivity contribution in [2.24, 2.45) is 0 Å². The van der Waals surface area contributed by atoms with E-state index in [4.69, 9.17) is 11.8 Å². The number of rotatable bonds is 0. The first kappa shape index (κ1) is 15.7. The molecule has 0 aliphatic rings. The lowest BCUT2D eigenvalue weighted by atomic mass is 11.0. The number of hydrogen-bond donors (Lipinski definition) is 1. The van der Waals surface area contributed by atoms with E-state index < -0.39 is 0 Å². The molecule has 0 radical (unpaired) electrons. The maximum atomic E-state index is 5.47. The van der Waals surface area contributed by atoms with Crippen LogP contribution >= 0.6 is 11.8 Å². The van der Waals surface area contributed by atoms with Gasteiger partial charge in [-0.1, -0.05) is 0 Å². The smallest absolute Gasteiger partial charge is 0.164 e. The van der Waals surface area contributed by atoms with Crippen LogP contribution in [-0.2, 0) is 0 Å². The fourth-order valence-electron chi connectivity index (χ4n) is 0. The van der Waals surface area contributed by atoms with E-state index in [0.717, 1.165) is 0 Å². The summed E-state index contributed by atoms with van der Waals surface area (Å²) in [5.41, 5.74) is 0. The third kappa shape index (κ3) is 58300. The number of hydrogen-bond acceptors (Lipinski definition) is 1. The van der Waals surface area contributed by atoms with E-state index in [1.54, 1.807) is 0 Å². The first-order valence-corrected chi connectivity index (χ1v) is 2.35. The SMILES string of the molecule is C=C.C[N+](C)(C)Cl.N. The molecule has 3 N–H and O–H groups in total. The number of nitrogens with zero attached hydrogens (tertiary/aromatic N) is 1. The van der Waals surface area contributed by atoms with Gasteiger partial charge in [-0.05, 0) is 0 Å². The Labute approximate surface area is 57.0 Å². The highest BCUT2D eigenvalue weighted by molar-refractivity contribution is 6.06. The molecule has 0 atom stereocenters. The van der Waals surface area contributed by atoms with Gasteiger partial charge in [0.05, 0.1) is 21.1 Å². The summed E-state index contributed by atoms with van der Waals surface area (Å²) in [5, 5.41) is 0. The van der Waals surface area contributed by atoms with E-state index in [9.17, 15) is 0 Å². The Morgan fingerprint density at radius 2 is 1.12 bits per heavy atom. The summed E-state index contributed by atoms with van der Waals surface area (Å²) in [5.74, 6) is 0. The molecule has 0 bridgehead atoms. The van der Waals surface area contributed by atoms with Gasteiger partial charge in [-0.2, -0.15) is 0 Å². The van der Waals surface area contributed by atoms with Crippen LogP contribution < -0.4 is 6.15 Å². The molecule has 52 valence electrons. The highest BCUT2D eigenvalue weighted by Crippen LogP contribution is 1.91. The third-order valence-corrected chi connectivity index (χ3v) is 0. The molecule has 0 spiro atoms. The largest absolute Gasteiger partial charge is 0.344 e. The van der Waals surface area contributed by atoms with Crippen molar-refractivity contribution in [2.75, 3.05) is 21.1 Å². The van der Waals surface area contributed by atoms with Crippen molar-refractivity contribution in [3.8, 4) is 0 Å². The summed E-state index contributed by atoms with van der Waals surface area (Å²) in [7, 11) is 5.67. The Bertz CT molecular complexity index is 34.2. The summed E-state index contributed by atoms with van der Waals surface area (Å²) in [6.45, 7) is 6.00. The first-order valence-electron chi connectivity index (χ1n) is 2.01. The number of halogens is 1. The van der Waals surface area contributed by atoms with Crippen molar-refractivity contribution in [3.63, 3.8) is 0 Å². The van der Waals surface area contributed by atoms with Gasteiger partial charge in [-0.15, -0.1) is 13.2 Å². The van der Waals surface area contributed by atoms with Crippen molar-refractivity contribution < 1.29 is 4.00 Å². The van der Waals surface area contributed by atoms with Crippen LogP contribution in [0.3, 0.4) is 0 Å². The molecule has 0 saturated heterocycles. The quantitative estimate of drug-likeness (QED) is 0.403. The Morgan fingerprint density at radius 3 is 1.12 bits per heavy atom. The van der Waals surface area contributed by atoms with E-state index in [2.05, 4.69) is 13.2 Å². The van der Waals surface area contributed by atoms with Crippen molar-refractivity contribution >= 4 is 11.8 Å². The minimum absolute atomic E-state index is 0. The number of quaternary nitrogens is 1. The molecule has 0 aliphatic heterocycles. The van der Waals surface area contributed by atoms with E-state index in [1.165, 1.54) is 0 Å². The molecule has 0 heterocycles. The molecule has 0 aromatic rings. The predicted octanol–water partition coefficient (Wildman–Crippen LogP) is 1.81. The minimum atomic E-state index is 0. The molecule has 0 aliphatic carbocycles. The van der Waals surface area contributed by atoms with E-state index in [1.807, 2.05) is 21.1 Å². The highest BCUT2D eigenvalue weighted by Gasteiger charge is 1.95. The van der Waals surface area contributed by atoms with Gasteiger partial charge in [0.2, 0.25) is 0 Å². The van der Waals surface area contributed by atoms with E-state index in [-0.39, 0.29) is 6.15 Å². The van der Waals surface area contributed by atoms with Gasteiger partial charge in [0.15, 0.2) is 11.8 Å². The molecule has 3 heteroatoms. The lowest BCUT2D eigenvalue weighted by Crippen LogP contribution is -2.19. The lowest BCUT2D eigenvalue weighted by molar-refractivity contribution is -0.747. The summed E-state index contributed by atoms with van der Waals surface area (Å²) >= 11 is 5.47. The second kappa shape index (κ2) is 6.95.